The smallest absolute Gasteiger partial charge is 0.104 e. The van der Waals surface area contributed by atoms with Crippen LogP contribution in [-0.4, -0.2) is 11.0 Å². The van der Waals surface area contributed by atoms with Crippen LogP contribution < -0.4 is 11.1 Å². The van der Waals surface area contributed by atoms with E-state index in [2.05, 4.69) is 53.6 Å². The highest BCUT2D eigenvalue weighted by Gasteiger charge is 2.20. The Morgan fingerprint density at radius 2 is 1.58 bits per heavy atom. The molecule has 4 aromatic rings. The molecule has 3 aromatic carbocycles. The molecule has 0 aliphatic carbocycles. The van der Waals surface area contributed by atoms with Crippen molar-refractivity contribution in [1.82, 2.24) is 4.98 Å². The molecule has 4 rings (SSSR count). The molecule has 0 aliphatic rings. The van der Waals surface area contributed by atoms with Crippen molar-refractivity contribution in [3.63, 3.8) is 0 Å². The van der Waals surface area contributed by atoms with Crippen molar-refractivity contribution in [1.29, 1.82) is 0 Å². The fourth-order valence-corrected chi connectivity index (χ4v) is 4.72. The summed E-state index contributed by atoms with van der Waals surface area (Å²) in [6.07, 6.45) is 2.71. The van der Waals surface area contributed by atoms with E-state index in [0.29, 0.717) is 0 Å². The maximum atomic E-state index is 6.32. The Labute approximate surface area is 196 Å². The Hall–Kier alpha value is -2.53. The molecule has 31 heavy (non-hydrogen) atoms. The van der Waals surface area contributed by atoms with Gasteiger partial charge in [-0.05, 0) is 66.4 Å². The van der Waals surface area contributed by atoms with Gasteiger partial charge in [0.2, 0.25) is 0 Å². The third-order valence-corrected chi connectivity index (χ3v) is 6.51. The maximum Gasteiger partial charge on any atom is 0.104 e. The monoisotopic (exact) mass is 467 g/mol. The topological polar surface area (TPSA) is 50.9 Å². The summed E-state index contributed by atoms with van der Waals surface area (Å²) in [6, 6.07) is 22.3. The number of rotatable bonds is 7. The minimum Gasteiger partial charge on any atom is -0.397 e. The number of anilines is 2. The van der Waals surface area contributed by atoms with Crippen molar-refractivity contribution in [3.8, 4) is 0 Å². The second-order valence-electron chi connectivity index (χ2n) is 7.58. The summed E-state index contributed by atoms with van der Waals surface area (Å²) < 4.78 is 0. The van der Waals surface area contributed by atoms with Crippen LogP contribution in [0.4, 0.5) is 11.4 Å². The van der Waals surface area contributed by atoms with Gasteiger partial charge in [0.15, 0.2) is 0 Å². The van der Waals surface area contributed by atoms with Crippen molar-refractivity contribution >= 4 is 45.9 Å². The molecule has 0 aliphatic heterocycles. The van der Waals surface area contributed by atoms with E-state index in [0.717, 1.165) is 44.0 Å². The number of hydrogen-bond acceptors (Lipinski definition) is 4. The molecule has 0 bridgehead atoms. The van der Waals surface area contributed by atoms with Crippen molar-refractivity contribution in [2.45, 2.75) is 25.3 Å². The van der Waals surface area contributed by atoms with E-state index in [1.165, 1.54) is 5.56 Å². The molecule has 6 heteroatoms. The zero-order valence-corrected chi connectivity index (χ0v) is 19.4. The van der Waals surface area contributed by atoms with Gasteiger partial charge >= 0.3 is 0 Å². The molecule has 0 fully saturated rings. The lowest BCUT2D eigenvalue weighted by Crippen LogP contribution is -2.19. The molecule has 3 N–H and O–H groups in total. The third kappa shape index (κ3) is 5.40. The van der Waals surface area contributed by atoms with Gasteiger partial charge in [0.25, 0.3) is 0 Å². The Bertz CT molecular complexity index is 1130. The van der Waals surface area contributed by atoms with Crippen LogP contribution >= 0.6 is 34.5 Å². The molecule has 1 heterocycles. The molecule has 2 atom stereocenters. The van der Waals surface area contributed by atoms with Crippen LogP contribution in [0.2, 0.25) is 10.0 Å². The zero-order chi connectivity index (χ0) is 21.8. The molecular formula is C25H23Cl2N3S. The molecular weight excluding hydrogens is 445 g/mol. The number of thiazole rings is 1. The summed E-state index contributed by atoms with van der Waals surface area (Å²) in [7, 11) is 0. The summed E-state index contributed by atoms with van der Waals surface area (Å²) in [6.45, 7) is 2.15. The molecule has 0 saturated heterocycles. The van der Waals surface area contributed by atoms with Gasteiger partial charge < -0.3 is 11.1 Å². The highest BCUT2D eigenvalue weighted by atomic mass is 35.5. The third-order valence-electron chi connectivity index (χ3n) is 5.17. The van der Waals surface area contributed by atoms with Gasteiger partial charge in [-0.3, -0.25) is 0 Å². The van der Waals surface area contributed by atoms with Crippen LogP contribution in [-0.2, 0) is 6.42 Å². The molecule has 1 aromatic heterocycles. The normalized spacial score (nSPS) is 13.0. The standard InChI is InChI=1S/C25H23Cl2N3S/c1-16(14-17-2-7-20(26)8-3-17)30-23-15-19(6-11-22(23)28)24(25-29-12-13-31-25)18-4-9-21(27)10-5-18/h2-13,15-16,24,30H,14,28H2,1H3. The Kier molecular flexibility index (Phi) is 6.81. The molecule has 2 unspecified atom stereocenters. The number of aromatic nitrogens is 1. The Balaban J connectivity index is 1.61. The number of nitrogens with two attached hydrogens (primary N) is 1. The van der Waals surface area contributed by atoms with E-state index in [1.807, 2.05) is 41.9 Å². The molecule has 3 nitrogen and oxygen atoms in total. The first-order chi connectivity index (χ1) is 15.0. The first-order valence-corrected chi connectivity index (χ1v) is 11.7. The van der Waals surface area contributed by atoms with Crippen molar-refractivity contribution in [2.75, 3.05) is 11.1 Å². The largest absolute Gasteiger partial charge is 0.397 e. The van der Waals surface area contributed by atoms with Crippen LogP contribution in [0.5, 0.6) is 0 Å². The minimum atomic E-state index is 0.0185. The fraction of sp³-hybridized carbons (Fsp3) is 0.160. The average Bonchev–Trinajstić information content (AvgIpc) is 3.28. The maximum absolute atomic E-state index is 6.32. The van der Waals surface area contributed by atoms with Crippen LogP contribution in [0.25, 0.3) is 0 Å². The molecule has 0 amide bonds. The van der Waals surface area contributed by atoms with E-state index >= 15 is 0 Å². The predicted molar refractivity (Wildman–Crippen MR) is 134 cm³/mol. The van der Waals surface area contributed by atoms with Gasteiger partial charge in [0.1, 0.15) is 5.01 Å². The SMILES string of the molecule is CC(Cc1ccc(Cl)cc1)Nc1cc(C(c2ccc(Cl)cc2)c2nccs2)ccc1N. The number of nitrogen functional groups attached to an aromatic ring is 1. The lowest BCUT2D eigenvalue weighted by atomic mass is 9.91. The number of nitrogens with one attached hydrogen (secondary N) is 1. The number of hydrogen-bond donors (Lipinski definition) is 2. The van der Waals surface area contributed by atoms with Gasteiger partial charge in [0, 0.05) is 27.7 Å². The Morgan fingerprint density at radius 1 is 0.935 bits per heavy atom. The van der Waals surface area contributed by atoms with Gasteiger partial charge in [-0.2, -0.15) is 0 Å². The van der Waals surface area contributed by atoms with Crippen molar-refractivity contribution < 1.29 is 0 Å². The van der Waals surface area contributed by atoms with E-state index in [1.54, 1.807) is 11.3 Å². The van der Waals surface area contributed by atoms with Crippen LogP contribution in [0.15, 0.2) is 78.3 Å². The lowest BCUT2D eigenvalue weighted by molar-refractivity contribution is 0.790. The van der Waals surface area contributed by atoms with Gasteiger partial charge in [0.05, 0.1) is 17.3 Å². The molecule has 0 saturated carbocycles. The molecule has 158 valence electrons. The first kappa shape index (κ1) is 21.7. The van der Waals surface area contributed by atoms with Crippen LogP contribution in [0.1, 0.15) is 34.5 Å². The second-order valence-corrected chi connectivity index (χ2v) is 9.38. The first-order valence-electron chi connectivity index (χ1n) is 10.0. The number of halogens is 2. The predicted octanol–water partition coefficient (Wildman–Crippen LogP) is 7.26. The fourth-order valence-electron chi connectivity index (χ4n) is 3.68. The van der Waals surface area contributed by atoms with Gasteiger partial charge in [-0.15, -0.1) is 11.3 Å². The van der Waals surface area contributed by atoms with Crippen molar-refractivity contribution in [2.24, 2.45) is 0 Å². The van der Waals surface area contributed by atoms with Crippen LogP contribution in [0, 0.1) is 0 Å². The second kappa shape index (κ2) is 9.73. The number of nitrogens with zero attached hydrogens (tertiary/aromatic N) is 1. The van der Waals surface area contributed by atoms with Crippen LogP contribution in [0.3, 0.4) is 0 Å². The van der Waals surface area contributed by atoms with Gasteiger partial charge in [-0.1, -0.05) is 53.5 Å². The van der Waals surface area contributed by atoms with Crippen molar-refractivity contribution in [3.05, 3.63) is 110 Å². The van der Waals surface area contributed by atoms with E-state index in [9.17, 15) is 0 Å². The summed E-state index contributed by atoms with van der Waals surface area (Å²) >= 11 is 13.8. The van der Waals surface area contributed by atoms with Gasteiger partial charge in [-0.25, -0.2) is 4.98 Å². The average molecular weight is 468 g/mol. The number of benzene rings is 3. The lowest BCUT2D eigenvalue weighted by Gasteiger charge is -2.21. The molecule has 0 spiro atoms. The summed E-state index contributed by atoms with van der Waals surface area (Å²) in [5.41, 5.74) is 11.5. The minimum absolute atomic E-state index is 0.0185. The highest BCUT2D eigenvalue weighted by Crippen LogP contribution is 2.36. The van der Waals surface area contributed by atoms with E-state index in [-0.39, 0.29) is 12.0 Å². The quantitative estimate of drug-likeness (QED) is 0.281. The summed E-state index contributed by atoms with van der Waals surface area (Å²) in [5, 5.41) is 8.08. The summed E-state index contributed by atoms with van der Waals surface area (Å²) in [5.74, 6) is 0.0185. The van der Waals surface area contributed by atoms with E-state index in [4.69, 9.17) is 28.9 Å². The molecule has 0 radical (unpaired) electrons. The Morgan fingerprint density at radius 3 is 2.23 bits per heavy atom. The van der Waals surface area contributed by atoms with E-state index < -0.39 is 0 Å². The highest BCUT2D eigenvalue weighted by molar-refractivity contribution is 7.09. The zero-order valence-electron chi connectivity index (χ0n) is 17.1. The summed E-state index contributed by atoms with van der Waals surface area (Å²) in [4.78, 5) is 4.59.